The van der Waals surface area contributed by atoms with Crippen molar-refractivity contribution in [3.63, 3.8) is 0 Å². The lowest BCUT2D eigenvalue weighted by atomic mass is 10.8. The Bertz CT molecular complexity index is 150. The average Bonchev–Trinajstić information content (AvgIpc) is 1.59. The molecular weight excluding hydrogens is 189 g/mol. The topological polar surface area (TPSA) is 26.0 Å². The van der Waals surface area contributed by atoms with Gasteiger partial charge < -0.3 is 5.73 Å². The van der Waals surface area contributed by atoms with Gasteiger partial charge >= 0.3 is 0 Å². The minimum Gasteiger partial charge on any atom is -0.393 e. The average molecular weight is 199 g/mol. The van der Waals surface area contributed by atoms with Crippen LogP contribution < -0.4 is 5.73 Å². The lowest BCUT2D eigenvalue weighted by Crippen LogP contribution is -2.09. The smallest absolute Gasteiger partial charge is 0.0831 e. The van der Waals surface area contributed by atoms with Crippen molar-refractivity contribution in [1.29, 1.82) is 0 Å². The Kier molecular flexibility index (Phi) is 4.30. The molecule has 9 heavy (non-hydrogen) atoms. The molecule has 0 saturated heterocycles. The fourth-order valence-electron chi connectivity index (χ4n) is 0.219. The Morgan fingerprint density at radius 1 is 1.67 bits per heavy atom. The van der Waals surface area contributed by atoms with Gasteiger partial charge in [0.05, 0.1) is 4.99 Å². The molecule has 5 heteroatoms. The minimum atomic E-state index is -1.14. The summed E-state index contributed by atoms with van der Waals surface area (Å²) in [4.78, 5) is 0.554. The first-order chi connectivity index (χ1) is 3.92. The third-order valence-corrected chi connectivity index (χ3v) is 5.11. The highest BCUT2D eigenvalue weighted by Gasteiger charge is 2.01. The van der Waals surface area contributed by atoms with Crippen LogP contribution in [0.2, 0.25) is 0 Å². The maximum atomic E-state index is 5.28. The predicted octanol–water partition coefficient (Wildman–Crippen LogP) is 1.66. The van der Waals surface area contributed by atoms with Crippen molar-refractivity contribution in [3.05, 3.63) is 0 Å². The molecule has 0 fully saturated rings. The van der Waals surface area contributed by atoms with Crippen molar-refractivity contribution in [2.75, 3.05) is 19.1 Å². The first-order valence-corrected chi connectivity index (χ1v) is 8.09. The van der Waals surface area contributed by atoms with Crippen LogP contribution in [0.3, 0.4) is 0 Å². The van der Waals surface area contributed by atoms with Gasteiger partial charge in [-0.1, -0.05) is 24.0 Å². The normalized spacial score (nSPS) is 11.3. The molecule has 0 unspecified atom stereocenters. The van der Waals surface area contributed by atoms with Gasteiger partial charge in [-0.2, -0.15) is 0 Å². The van der Waals surface area contributed by atoms with Crippen molar-refractivity contribution in [3.8, 4) is 0 Å². The molecule has 54 valence electrons. The van der Waals surface area contributed by atoms with Crippen LogP contribution in [0.15, 0.2) is 0 Å². The van der Waals surface area contributed by atoms with Crippen LogP contribution in [-0.2, 0) is 11.8 Å². The molecule has 0 amide bonds. The second-order valence-corrected chi connectivity index (χ2v) is 12.5. The number of hydrogen-bond donors (Lipinski definition) is 1. The molecule has 0 aliphatic heterocycles. The van der Waals surface area contributed by atoms with E-state index in [1.54, 1.807) is 11.4 Å². The molecule has 0 aliphatic rings. The molecule has 0 aromatic carbocycles. The summed E-state index contributed by atoms with van der Waals surface area (Å²) >= 11 is 11.6. The van der Waals surface area contributed by atoms with E-state index in [0.717, 1.165) is 5.75 Å². The summed E-state index contributed by atoms with van der Waals surface area (Å²) < 4.78 is 0. The summed E-state index contributed by atoms with van der Waals surface area (Å²) in [6, 6.07) is 0. The van der Waals surface area contributed by atoms with Crippen LogP contribution in [-0.4, -0.2) is 24.1 Å². The van der Waals surface area contributed by atoms with Gasteiger partial charge in [-0.3, -0.25) is 0 Å². The molecule has 0 rings (SSSR count). The van der Waals surface area contributed by atoms with Crippen molar-refractivity contribution >= 4 is 45.6 Å². The third kappa shape index (κ3) is 8.89. The monoisotopic (exact) mass is 199 g/mol. The van der Waals surface area contributed by atoms with Gasteiger partial charge in [0, 0.05) is 11.0 Å². The van der Waals surface area contributed by atoms with E-state index in [2.05, 4.69) is 13.3 Å². The van der Waals surface area contributed by atoms with Crippen molar-refractivity contribution in [2.45, 2.75) is 0 Å². The summed E-state index contributed by atoms with van der Waals surface area (Å²) in [6.45, 7) is 4.15. The Labute approximate surface area is 70.5 Å². The SMILES string of the molecule is CP(C)(=S)SCC(N)=S. The van der Waals surface area contributed by atoms with Crippen LogP contribution in [0.5, 0.6) is 0 Å². The summed E-state index contributed by atoms with van der Waals surface area (Å²) in [7, 11) is 0. The molecule has 0 radical (unpaired) electrons. The zero-order valence-corrected chi connectivity index (χ0v) is 8.80. The van der Waals surface area contributed by atoms with Gasteiger partial charge in [0.2, 0.25) is 0 Å². The number of thiocarbonyl (C=S) groups is 1. The van der Waals surface area contributed by atoms with Gasteiger partial charge in [0.1, 0.15) is 0 Å². The van der Waals surface area contributed by atoms with Crippen LogP contribution in [0.25, 0.3) is 0 Å². The van der Waals surface area contributed by atoms with Gasteiger partial charge in [-0.05, 0) is 13.3 Å². The zero-order valence-electron chi connectivity index (χ0n) is 5.46. The van der Waals surface area contributed by atoms with Gasteiger partial charge in [-0.25, -0.2) is 0 Å². The quantitative estimate of drug-likeness (QED) is 0.552. The third-order valence-electron chi connectivity index (χ3n) is 0.518. The molecule has 0 saturated carbocycles. The van der Waals surface area contributed by atoms with E-state index in [1.165, 1.54) is 0 Å². The molecule has 0 aromatic rings. The highest BCUT2D eigenvalue weighted by molar-refractivity contribution is 8.70. The summed E-state index contributed by atoms with van der Waals surface area (Å²) in [6.07, 6.45) is 0. The molecule has 0 aromatic heterocycles. The molecular formula is C4H10NPS3. The lowest BCUT2D eigenvalue weighted by Gasteiger charge is -2.06. The van der Waals surface area contributed by atoms with E-state index < -0.39 is 5.24 Å². The Morgan fingerprint density at radius 2 is 2.11 bits per heavy atom. The molecule has 0 heterocycles. The maximum Gasteiger partial charge on any atom is 0.0831 e. The van der Waals surface area contributed by atoms with Crippen molar-refractivity contribution in [2.24, 2.45) is 5.73 Å². The minimum absolute atomic E-state index is 0.554. The van der Waals surface area contributed by atoms with Gasteiger partial charge in [0.15, 0.2) is 0 Å². The van der Waals surface area contributed by atoms with E-state index in [-0.39, 0.29) is 0 Å². The summed E-state index contributed by atoms with van der Waals surface area (Å²) in [5.74, 6) is 0.736. The Morgan fingerprint density at radius 3 is 2.22 bits per heavy atom. The summed E-state index contributed by atoms with van der Waals surface area (Å²) in [5.41, 5.74) is 5.28. The second kappa shape index (κ2) is 3.91. The van der Waals surface area contributed by atoms with Gasteiger partial charge in [0.25, 0.3) is 0 Å². The number of rotatable bonds is 3. The molecule has 0 atom stereocenters. The molecule has 0 bridgehead atoms. The van der Waals surface area contributed by atoms with E-state index in [4.69, 9.17) is 29.8 Å². The first kappa shape index (κ1) is 9.89. The van der Waals surface area contributed by atoms with Crippen molar-refractivity contribution < 1.29 is 0 Å². The largest absolute Gasteiger partial charge is 0.393 e. The Balaban J connectivity index is 3.53. The molecule has 1 nitrogen and oxygen atoms in total. The molecule has 2 N–H and O–H groups in total. The highest BCUT2D eigenvalue weighted by Crippen LogP contribution is 2.51. The summed E-state index contributed by atoms with van der Waals surface area (Å²) in [5, 5.41) is -1.14. The first-order valence-electron chi connectivity index (χ1n) is 2.39. The molecule has 0 aliphatic carbocycles. The van der Waals surface area contributed by atoms with Crippen LogP contribution in [0.1, 0.15) is 0 Å². The van der Waals surface area contributed by atoms with E-state index >= 15 is 0 Å². The number of hydrogen-bond acceptors (Lipinski definition) is 3. The lowest BCUT2D eigenvalue weighted by molar-refractivity contribution is 1.75. The van der Waals surface area contributed by atoms with E-state index in [1.807, 2.05) is 0 Å². The highest BCUT2D eigenvalue weighted by atomic mass is 32.9. The van der Waals surface area contributed by atoms with Gasteiger partial charge in [-0.15, -0.1) is 11.4 Å². The zero-order chi connectivity index (χ0) is 7.49. The van der Waals surface area contributed by atoms with Crippen molar-refractivity contribution in [1.82, 2.24) is 0 Å². The fourth-order valence-corrected chi connectivity index (χ4v) is 2.92. The van der Waals surface area contributed by atoms with Crippen LogP contribution in [0.4, 0.5) is 0 Å². The van der Waals surface area contributed by atoms with E-state index in [9.17, 15) is 0 Å². The fraction of sp³-hybridized carbons (Fsp3) is 0.750. The van der Waals surface area contributed by atoms with E-state index in [0.29, 0.717) is 4.99 Å². The second-order valence-electron chi connectivity index (χ2n) is 1.99. The standard InChI is InChI=1S/C4H10NPS3/c1-6(2,8)9-3-4(5)7/h3H2,1-2H3,(H2,5,7). The number of nitrogens with two attached hydrogens (primary N) is 1. The maximum absolute atomic E-state index is 5.28. The van der Waals surface area contributed by atoms with Crippen LogP contribution in [0, 0.1) is 0 Å². The Hall–Kier alpha value is 0.890. The molecule has 0 spiro atoms. The predicted molar refractivity (Wildman–Crippen MR) is 55.4 cm³/mol. The van der Waals surface area contributed by atoms with Crippen LogP contribution >= 0.6 is 28.8 Å².